The lowest BCUT2D eigenvalue weighted by atomic mass is 10.2. The van der Waals surface area contributed by atoms with E-state index < -0.39 is 14.9 Å². The summed E-state index contributed by atoms with van der Waals surface area (Å²) in [5.74, 6) is 0.206. The fourth-order valence-corrected chi connectivity index (χ4v) is 3.99. The SMILES string of the molecule is COc1ccc([N+](=O)[O-])cc1NS(=O)(=O)c1ccc(C)s1. The zero-order valence-electron chi connectivity index (χ0n) is 11.2. The van der Waals surface area contributed by atoms with E-state index in [1.54, 1.807) is 13.0 Å². The molecule has 0 bridgehead atoms. The van der Waals surface area contributed by atoms with Crippen molar-refractivity contribution in [3.63, 3.8) is 0 Å². The monoisotopic (exact) mass is 328 g/mol. The zero-order chi connectivity index (χ0) is 15.6. The second-order valence-corrected chi connectivity index (χ2v) is 7.31. The van der Waals surface area contributed by atoms with Gasteiger partial charge in [0.2, 0.25) is 0 Å². The highest BCUT2D eigenvalue weighted by atomic mass is 32.2. The molecule has 1 aromatic heterocycles. The molecule has 0 aliphatic heterocycles. The summed E-state index contributed by atoms with van der Waals surface area (Å²) in [5, 5.41) is 10.8. The van der Waals surface area contributed by atoms with Gasteiger partial charge in [0, 0.05) is 17.0 Å². The number of aryl methyl sites for hydroxylation is 1. The second-order valence-electron chi connectivity index (χ2n) is 4.11. The first kappa shape index (κ1) is 15.3. The predicted molar refractivity (Wildman–Crippen MR) is 79.5 cm³/mol. The third-order valence-electron chi connectivity index (χ3n) is 2.62. The number of methoxy groups -OCH3 is 1. The summed E-state index contributed by atoms with van der Waals surface area (Å²) in [7, 11) is -2.45. The van der Waals surface area contributed by atoms with Crippen molar-refractivity contribution in [3.05, 3.63) is 45.3 Å². The third-order valence-corrected chi connectivity index (χ3v) is 5.48. The van der Waals surface area contributed by atoms with Crippen LogP contribution in [-0.2, 0) is 10.0 Å². The maximum absolute atomic E-state index is 12.2. The van der Waals surface area contributed by atoms with Crippen molar-refractivity contribution in [1.82, 2.24) is 0 Å². The Morgan fingerprint density at radius 2 is 2.00 bits per heavy atom. The minimum atomic E-state index is -3.80. The molecule has 0 aliphatic rings. The van der Waals surface area contributed by atoms with Crippen molar-refractivity contribution >= 4 is 32.7 Å². The molecule has 1 aromatic carbocycles. The fourth-order valence-electron chi connectivity index (χ4n) is 1.64. The van der Waals surface area contributed by atoms with Crippen LogP contribution in [-0.4, -0.2) is 20.5 Å². The molecule has 2 aromatic rings. The van der Waals surface area contributed by atoms with Gasteiger partial charge in [0.1, 0.15) is 9.96 Å². The van der Waals surface area contributed by atoms with Gasteiger partial charge in [-0.1, -0.05) is 0 Å². The molecular weight excluding hydrogens is 316 g/mol. The van der Waals surface area contributed by atoms with Crippen LogP contribution in [0, 0.1) is 17.0 Å². The number of hydrogen-bond acceptors (Lipinski definition) is 6. The molecule has 112 valence electrons. The fraction of sp³-hybridized carbons (Fsp3) is 0.167. The summed E-state index contributed by atoms with van der Waals surface area (Å²) < 4.78 is 31.9. The zero-order valence-corrected chi connectivity index (χ0v) is 12.8. The maximum atomic E-state index is 12.2. The van der Waals surface area contributed by atoms with E-state index in [0.717, 1.165) is 22.3 Å². The van der Waals surface area contributed by atoms with Gasteiger partial charge in [-0.05, 0) is 25.1 Å². The summed E-state index contributed by atoms with van der Waals surface area (Å²) in [6.07, 6.45) is 0. The summed E-state index contributed by atoms with van der Waals surface area (Å²) in [4.78, 5) is 11.0. The van der Waals surface area contributed by atoms with E-state index in [-0.39, 0.29) is 21.3 Å². The molecule has 0 fully saturated rings. The van der Waals surface area contributed by atoms with Crippen LogP contribution in [0.25, 0.3) is 0 Å². The Morgan fingerprint density at radius 1 is 1.29 bits per heavy atom. The van der Waals surface area contributed by atoms with E-state index in [1.165, 1.54) is 25.3 Å². The van der Waals surface area contributed by atoms with Crippen LogP contribution in [0.3, 0.4) is 0 Å². The maximum Gasteiger partial charge on any atom is 0.271 e. The van der Waals surface area contributed by atoms with Crippen LogP contribution in [0.1, 0.15) is 4.88 Å². The van der Waals surface area contributed by atoms with E-state index in [1.807, 2.05) is 0 Å². The Morgan fingerprint density at radius 3 is 2.52 bits per heavy atom. The molecule has 0 aliphatic carbocycles. The van der Waals surface area contributed by atoms with Gasteiger partial charge in [-0.25, -0.2) is 8.42 Å². The first-order valence-corrected chi connectivity index (χ1v) is 8.05. The first-order chi connectivity index (χ1) is 9.83. The van der Waals surface area contributed by atoms with Crippen LogP contribution in [0.15, 0.2) is 34.5 Å². The number of nitrogens with zero attached hydrogens (tertiary/aromatic N) is 1. The third kappa shape index (κ3) is 3.31. The van der Waals surface area contributed by atoms with Crippen LogP contribution in [0.5, 0.6) is 5.75 Å². The van der Waals surface area contributed by atoms with Gasteiger partial charge in [0.15, 0.2) is 0 Å². The number of sulfonamides is 1. The summed E-state index contributed by atoms with van der Waals surface area (Å²) in [5.41, 5.74) is -0.200. The number of ether oxygens (including phenoxy) is 1. The molecule has 0 amide bonds. The minimum absolute atomic E-state index is 0.0257. The highest BCUT2D eigenvalue weighted by Crippen LogP contribution is 2.32. The van der Waals surface area contributed by atoms with Crippen LogP contribution in [0.2, 0.25) is 0 Å². The Balaban J connectivity index is 2.42. The van der Waals surface area contributed by atoms with E-state index in [4.69, 9.17) is 4.74 Å². The van der Waals surface area contributed by atoms with Gasteiger partial charge in [-0.15, -0.1) is 11.3 Å². The van der Waals surface area contributed by atoms with Crippen molar-refractivity contribution < 1.29 is 18.1 Å². The van der Waals surface area contributed by atoms with Gasteiger partial charge < -0.3 is 4.74 Å². The van der Waals surface area contributed by atoms with Crippen molar-refractivity contribution in [3.8, 4) is 5.75 Å². The Labute approximate surface area is 125 Å². The molecule has 9 heteroatoms. The van der Waals surface area contributed by atoms with Gasteiger partial charge in [-0.3, -0.25) is 14.8 Å². The van der Waals surface area contributed by atoms with E-state index >= 15 is 0 Å². The van der Waals surface area contributed by atoms with Crippen LogP contribution >= 0.6 is 11.3 Å². The normalized spacial score (nSPS) is 11.1. The molecule has 0 atom stereocenters. The molecule has 0 saturated carbocycles. The Hall–Kier alpha value is -2.13. The summed E-state index contributed by atoms with van der Waals surface area (Å²) in [6.45, 7) is 1.79. The molecule has 1 heterocycles. The number of thiophene rings is 1. The highest BCUT2D eigenvalue weighted by Gasteiger charge is 2.20. The Bertz CT molecular complexity index is 783. The van der Waals surface area contributed by atoms with Gasteiger partial charge in [-0.2, -0.15) is 0 Å². The molecule has 0 unspecified atom stereocenters. The Kier molecular flexibility index (Phi) is 4.14. The standard InChI is InChI=1S/C12H12N2O5S2/c1-8-3-6-12(20-8)21(17,18)13-10-7-9(14(15)16)4-5-11(10)19-2/h3-7,13H,1-2H3. The number of nitro benzene ring substituents is 1. The van der Waals surface area contributed by atoms with Crippen molar-refractivity contribution in [2.75, 3.05) is 11.8 Å². The van der Waals surface area contributed by atoms with Crippen LogP contribution in [0.4, 0.5) is 11.4 Å². The lowest BCUT2D eigenvalue weighted by Crippen LogP contribution is -2.12. The highest BCUT2D eigenvalue weighted by molar-refractivity contribution is 7.94. The average molecular weight is 328 g/mol. The number of nitro groups is 1. The smallest absolute Gasteiger partial charge is 0.271 e. The van der Waals surface area contributed by atoms with Crippen molar-refractivity contribution in [2.45, 2.75) is 11.1 Å². The molecule has 0 radical (unpaired) electrons. The largest absolute Gasteiger partial charge is 0.495 e. The predicted octanol–water partition coefficient (Wildman–Crippen LogP) is 2.77. The molecule has 2 rings (SSSR count). The number of benzene rings is 1. The average Bonchev–Trinajstić information content (AvgIpc) is 2.85. The van der Waals surface area contributed by atoms with Gasteiger partial charge in [0.25, 0.3) is 15.7 Å². The van der Waals surface area contributed by atoms with E-state index in [2.05, 4.69) is 4.72 Å². The molecule has 0 saturated heterocycles. The summed E-state index contributed by atoms with van der Waals surface area (Å²) in [6, 6.07) is 6.87. The lowest BCUT2D eigenvalue weighted by Gasteiger charge is -2.10. The van der Waals surface area contributed by atoms with Crippen molar-refractivity contribution in [2.24, 2.45) is 0 Å². The summed E-state index contributed by atoms with van der Waals surface area (Å²) >= 11 is 1.11. The van der Waals surface area contributed by atoms with E-state index in [9.17, 15) is 18.5 Å². The van der Waals surface area contributed by atoms with Crippen LogP contribution < -0.4 is 9.46 Å². The second kappa shape index (κ2) is 5.70. The van der Waals surface area contributed by atoms with Gasteiger partial charge in [0.05, 0.1) is 17.7 Å². The molecule has 0 spiro atoms. The number of hydrogen-bond donors (Lipinski definition) is 1. The number of nitrogens with one attached hydrogen (secondary N) is 1. The topological polar surface area (TPSA) is 98.5 Å². The van der Waals surface area contributed by atoms with Gasteiger partial charge >= 0.3 is 0 Å². The molecule has 21 heavy (non-hydrogen) atoms. The lowest BCUT2D eigenvalue weighted by molar-refractivity contribution is -0.384. The minimum Gasteiger partial charge on any atom is -0.495 e. The first-order valence-electron chi connectivity index (χ1n) is 5.75. The molecular formula is C12H12N2O5S2. The molecule has 1 N–H and O–H groups in total. The number of anilines is 1. The van der Waals surface area contributed by atoms with E-state index in [0.29, 0.717) is 0 Å². The number of non-ortho nitro benzene ring substituents is 1. The quantitative estimate of drug-likeness (QED) is 0.672. The van der Waals surface area contributed by atoms with Crippen molar-refractivity contribution in [1.29, 1.82) is 0 Å². The molecule has 7 nitrogen and oxygen atoms in total. The number of rotatable bonds is 5.